The van der Waals surface area contributed by atoms with Crippen LogP contribution < -0.4 is 15.7 Å². The molecule has 1 heterocycles. The number of benzene rings is 3. The highest BCUT2D eigenvalue weighted by Gasteiger charge is 2.11. The van der Waals surface area contributed by atoms with Crippen molar-refractivity contribution >= 4 is 51.6 Å². The molecule has 31 heavy (non-hydrogen) atoms. The first-order valence-corrected chi connectivity index (χ1v) is 10.4. The Kier molecular flexibility index (Phi) is 6.30. The zero-order valence-corrected chi connectivity index (χ0v) is 17.6. The second kappa shape index (κ2) is 9.46. The van der Waals surface area contributed by atoms with Crippen LogP contribution in [0.3, 0.4) is 0 Å². The molecule has 4 rings (SSSR count). The normalized spacial score (nSPS) is 11.0. The van der Waals surface area contributed by atoms with Crippen LogP contribution in [0.2, 0.25) is 5.02 Å². The molecule has 1 amide bonds. The zero-order chi connectivity index (χ0) is 21.6. The van der Waals surface area contributed by atoms with Gasteiger partial charge in [0.25, 0.3) is 5.56 Å². The molecule has 0 aliphatic rings. The maximum absolute atomic E-state index is 13.1. The van der Waals surface area contributed by atoms with Gasteiger partial charge in [0.1, 0.15) is 0 Å². The summed E-state index contributed by atoms with van der Waals surface area (Å²) in [5.74, 6) is 0.271. The van der Waals surface area contributed by atoms with E-state index in [1.807, 2.05) is 30.3 Å². The smallest absolute Gasteiger partial charge is 0.319 e. The lowest BCUT2D eigenvalue weighted by Crippen LogP contribution is -2.24. The molecule has 3 aromatic carbocycles. The van der Waals surface area contributed by atoms with E-state index in [4.69, 9.17) is 11.6 Å². The first kappa shape index (κ1) is 20.6. The van der Waals surface area contributed by atoms with Gasteiger partial charge in [0.15, 0.2) is 5.82 Å². The van der Waals surface area contributed by atoms with Crippen LogP contribution in [0.1, 0.15) is 5.82 Å². The number of anilines is 1. The molecule has 4 aromatic rings. The molecule has 0 saturated carbocycles. The minimum atomic E-state index is -0.415. The van der Waals surface area contributed by atoms with E-state index in [0.717, 1.165) is 17.6 Å². The molecule has 7 nitrogen and oxygen atoms in total. The number of fused-ring (bicyclic) bond motifs is 1. The summed E-state index contributed by atoms with van der Waals surface area (Å²) in [6.07, 6.45) is 1.34. The first-order chi connectivity index (χ1) is 15.1. The number of aromatic nitrogens is 2. The van der Waals surface area contributed by atoms with Crippen LogP contribution in [-0.2, 0) is 0 Å². The predicted octanol–water partition coefficient (Wildman–Crippen LogP) is 4.84. The van der Waals surface area contributed by atoms with Gasteiger partial charge in [0, 0.05) is 22.7 Å². The Balaban J connectivity index is 1.60. The molecule has 0 spiro atoms. The number of nitrogens with one attached hydrogen (secondary N) is 2. The predicted molar refractivity (Wildman–Crippen MR) is 126 cm³/mol. The molecular weight excluding hydrogens is 434 g/mol. The molecule has 0 unspecified atom stereocenters. The van der Waals surface area contributed by atoms with Crippen molar-refractivity contribution < 1.29 is 4.79 Å². The van der Waals surface area contributed by atoms with Gasteiger partial charge in [-0.05, 0) is 48.5 Å². The Morgan fingerprint density at radius 3 is 2.48 bits per heavy atom. The van der Waals surface area contributed by atoms with Crippen LogP contribution in [-0.4, -0.2) is 21.0 Å². The number of para-hydroxylation sites is 2. The summed E-state index contributed by atoms with van der Waals surface area (Å²) >= 11 is 6.84. The number of hydrazone groups is 1. The van der Waals surface area contributed by atoms with Crippen molar-refractivity contribution in [3.05, 3.63) is 100 Å². The second-order valence-electron chi connectivity index (χ2n) is 6.33. The largest absolute Gasteiger partial charge is 0.322 e. The van der Waals surface area contributed by atoms with Gasteiger partial charge < -0.3 is 4.72 Å². The highest BCUT2D eigenvalue weighted by atomic mass is 35.5. The third-order valence-corrected chi connectivity index (χ3v) is 5.12. The number of nitrogens with zero attached hydrogens (tertiary/aromatic N) is 3. The van der Waals surface area contributed by atoms with Crippen molar-refractivity contribution in [1.82, 2.24) is 15.0 Å². The summed E-state index contributed by atoms with van der Waals surface area (Å²) in [7, 11) is 0. The van der Waals surface area contributed by atoms with E-state index in [-0.39, 0.29) is 11.4 Å². The van der Waals surface area contributed by atoms with Crippen molar-refractivity contribution in [2.24, 2.45) is 5.10 Å². The molecule has 2 N–H and O–H groups in total. The summed E-state index contributed by atoms with van der Waals surface area (Å²) < 4.78 is 4.34. The molecule has 0 aliphatic carbocycles. The summed E-state index contributed by atoms with van der Waals surface area (Å²) in [5, 5.41) is 4.58. The first-order valence-electron chi connectivity index (χ1n) is 9.20. The van der Waals surface area contributed by atoms with Crippen molar-refractivity contribution in [3.63, 3.8) is 0 Å². The second-order valence-corrected chi connectivity index (χ2v) is 7.55. The van der Waals surface area contributed by atoms with Crippen molar-refractivity contribution in [3.8, 4) is 5.69 Å². The minimum absolute atomic E-state index is 0.249. The van der Waals surface area contributed by atoms with Crippen molar-refractivity contribution in [1.29, 1.82) is 0 Å². The molecular formula is C22H16ClN5O2S. The molecule has 9 heteroatoms. The highest BCUT2D eigenvalue weighted by molar-refractivity contribution is 8.14. The molecule has 0 atom stereocenters. The topological polar surface area (TPSA) is 88.4 Å². The van der Waals surface area contributed by atoms with E-state index in [1.54, 1.807) is 48.5 Å². The van der Waals surface area contributed by atoms with E-state index in [1.165, 1.54) is 10.8 Å². The molecule has 0 fully saturated rings. The van der Waals surface area contributed by atoms with E-state index in [2.05, 4.69) is 20.2 Å². The van der Waals surface area contributed by atoms with E-state index < -0.39 is 5.24 Å². The number of hydrogen-bond donors (Lipinski definition) is 2. The third kappa shape index (κ3) is 4.93. The van der Waals surface area contributed by atoms with Crippen LogP contribution in [0.4, 0.5) is 10.5 Å². The Morgan fingerprint density at radius 1 is 1.00 bits per heavy atom. The Morgan fingerprint density at radius 2 is 1.71 bits per heavy atom. The lowest BCUT2D eigenvalue weighted by atomic mass is 10.2. The van der Waals surface area contributed by atoms with E-state index in [0.29, 0.717) is 21.6 Å². The quantitative estimate of drug-likeness (QED) is 0.258. The Hall–Kier alpha value is -3.62. The maximum atomic E-state index is 13.1. The van der Waals surface area contributed by atoms with Crippen LogP contribution >= 0.6 is 23.5 Å². The van der Waals surface area contributed by atoms with Crippen molar-refractivity contribution in [2.75, 3.05) is 4.72 Å². The lowest BCUT2D eigenvalue weighted by molar-refractivity contribution is 0.261. The molecule has 0 bridgehead atoms. The fourth-order valence-electron chi connectivity index (χ4n) is 2.85. The van der Waals surface area contributed by atoms with Gasteiger partial charge in [-0.2, -0.15) is 5.10 Å². The van der Waals surface area contributed by atoms with Gasteiger partial charge in [-0.25, -0.2) is 10.4 Å². The molecule has 1 aromatic heterocycles. The lowest BCUT2D eigenvalue weighted by Gasteiger charge is -2.11. The number of amides is 1. The number of hydrogen-bond acceptors (Lipinski definition) is 6. The minimum Gasteiger partial charge on any atom is -0.322 e. The van der Waals surface area contributed by atoms with Crippen LogP contribution in [0.5, 0.6) is 0 Å². The highest BCUT2D eigenvalue weighted by Crippen LogP contribution is 2.15. The fourth-order valence-corrected chi connectivity index (χ4v) is 3.42. The summed E-state index contributed by atoms with van der Waals surface area (Å²) in [5.41, 5.74) is 4.07. The van der Waals surface area contributed by atoms with Crippen LogP contribution in [0.15, 0.2) is 88.8 Å². The molecule has 0 saturated heterocycles. The maximum Gasteiger partial charge on any atom is 0.319 e. The van der Waals surface area contributed by atoms with E-state index in [9.17, 15) is 9.59 Å². The molecule has 0 aliphatic heterocycles. The monoisotopic (exact) mass is 449 g/mol. The van der Waals surface area contributed by atoms with Gasteiger partial charge in [-0.1, -0.05) is 41.9 Å². The summed E-state index contributed by atoms with van der Waals surface area (Å²) in [4.78, 5) is 29.7. The van der Waals surface area contributed by atoms with Gasteiger partial charge in [-0.3, -0.25) is 14.2 Å². The zero-order valence-electron chi connectivity index (χ0n) is 16.0. The standard InChI is InChI=1S/C22H16ClN5O2S/c23-15-10-12-17(13-11-15)28-20(25-19-9-5-4-8-18(19)21(28)29)14-24-26-22(30)31-27-16-6-2-1-3-7-16/h1-14,27H,(H,26,30)/b24-14+. The van der Waals surface area contributed by atoms with E-state index >= 15 is 0 Å². The SMILES string of the molecule is O=C(N/N=C/c1nc2ccccc2c(=O)n1-c1ccc(Cl)cc1)SNc1ccccc1. The molecule has 154 valence electrons. The average molecular weight is 450 g/mol. The summed E-state index contributed by atoms with van der Waals surface area (Å²) in [6, 6.07) is 23.1. The summed E-state index contributed by atoms with van der Waals surface area (Å²) in [6.45, 7) is 0. The molecule has 0 radical (unpaired) electrons. The number of carbonyl (C=O) groups excluding carboxylic acids is 1. The van der Waals surface area contributed by atoms with Gasteiger partial charge >= 0.3 is 5.24 Å². The fraction of sp³-hybridized carbons (Fsp3) is 0. The average Bonchev–Trinajstić information content (AvgIpc) is 2.79. The Bertz CT molecular complexity index is 1310. The van der Waals surface area contributed by atoms with Gasteiger partial charge in [0.05, 0.1) is 22.8 Å². The number of rotatable bonds is 5. The van der Waals surface area contributed by atoms with Gasteiger partial charge in [-0.15, -0.1) is 0 Å². The third-order valence-electron chi connectivity index (χ3n) is 4.26. The number of halogens is 1. The van der Waals surface area contributed by atoms with Crippen LogP contribution in [0.25, 0.3) is 16.6 Å². The van der Waals surface area contributed by atoms with Crippen molar-refractivity contribution in [2.45, 2.75) is 0 Å². The number of carbonyl (C=O) groups is 1. The Labute approximate surface area is 186 Å². The van der Waals surface area contributed by atoms with Crippen LogP contribution in [0, 0.1) is 0 Å². The van der Waals surface area contributed by atoms with Gasteiger partial charge in [0.2, 0.25) is 0 Å².